The summed E-state index contributed by atoms with van der Waals surface area (Å²) in [6, 6.07) is 12.9. The summed E-state index contributed by atoms with van der Waals surface area (Å²) >= 11 is 6.11. The molecule has 0 saturated carbocycles. The first kappa shape index (κ1) is 15.3. The molecule has 2 aromatic carbocycles. The van der Waals surface area contributed by atoms with Gasteiger partial charge in [-0.1, -0.05) is 35.9 Å². The second-order valence-electron chi connectivity index (χ2n) is 5.09. The summed E-state index contributed by atoms with van der Waals surface area (Å²) in [7, 11) is 1.56. The Morgan fingerprint density at radius 2 is 1.91 bits per heavy atom. The van der Waals surface area contributed by atoms with Crippen molar-refractivity contribution in [2.45, 2.75) is 13.5 Å². The van der Waals surface area contributed by atoms with E-state index in [0.717, 1.165) is 11.1 Å². The Balaban J connectivity index is 1.98. The van der Waals surface area contributed by atoms with E-state index in [1.165, 1.54) is 9.36 Å². The van der Waals surface area contributed by atoms with E-state index in [9.17, 15) is 4.79 Å². The zero-order chi connectivity index (χ0) is 16.4. The van der Waals surface area contributed by atoms with E-state index >= 15 is 0 Å². The third-order valence-corrected chi connectivity index (χ3v) is 3.86. The minimum absolute atomic E-state index is 0.273. The van der Waals surface area contributed by atoms with Crippen LogP contribution in [-0.4, -0.2) is 19.8 Å². The lowest BCUT2D eigenvalue weighted by Crippen LogP contribution is -2.23. The Morgan fingerprint density at radius 1 is 1.13 bits per heavy atom. The van der Waals surface area contributed by atoms with Crippen molar-refractivity contribution in [2.24, 2.45) is 7.05 Å². The van der Waals surface area contributed by atoms with Crippen molar-refractivity contribution in [1.82, 2.24) is 19.8 Å². The van der Waals surface area contributed by atoms with Gasteiger partial charge in [-0.05, 0) is 41.1 Å². The number of aryl methyl sites for hydroxylation is 2. The highest BCUT2D eigenvalue weighted by Gasteiger charge is 2.13. The lowest BCUT2D eigenvalue weighted by Gasteiger charge is -2.13. The van der Waals surface area contributed by atoms with E-state index in [0.29, 0.717) is 16.5 Å². The van der Waals surface area contributed by atoms with Gasteiger partial charge >= 0.3 is 5.69 Å². The topological polar surface area (TPSA) is 61.9 Å². The molecule has 0 N–H and O–H groups in total. The van der Waals surface area contributed by atoms with E-state index in [1.807, 2.05) is 37.3 Å². The first-order valence-corrected chi connectivity index (χ1v) is 7.41. The van der Waals surface area contributed by atoms with Crippen LogP contribution in [-0.2, 0) is 13.7 Å². The molecule has 0 aliphatic carbocycles. The maximum absolute atomic E-state index is 12.1. The van der Waals surface area contributed by atoms with Crippen molar-refractivity contribution < 1.29 is 4.74 Å². The van der Waals surface area contributed by atoms with Gasteiger partial charge in [-0.2, -0.15) is 9.36 Å². The quantitative estimate of drug-likeness (QED) is 0.737. The van der Waals surface area contributed by atoms with Crippen LogP contribution in [0.1, 0.15) is 11.1 Å². The predicted octanol–water partition coefficient (Wildman–Crippen LogP) is 2.51. The van der Waals surface area contributed by atoms with Gasteiger partial charge in [0.15, 0.2) is 0 Å². The molecule has 0 saturated heterocycles. The molecule has 3 aromatic rings. The normalized spacial score (nSPS) is 10.7. The number of halogens is 1. The molecule has 1 aromatic heterocycles. The fourth-order valence-corrected chi connectivity index (χ4v) is 2.44. The Kier molecular flexibility index (Phi) is 4.16. The van der Waals surface area contributed by atoms with Crippen molar-refractivity contribution in [3.8, 4) is 11.4 Å². The minimum atomic E-state index is -0.311. The third-order valence-electron chi connectivity index (χ3n) is 3.54. The van der Waals surface area contributed by atoms with E-state index < -0.39 is 0 Å². The van der Waals surface area contributed by atoms with Crippen LogP contribution >= 0.6 is 11.6 Å². The van der Waals surface area contributed by atoms with Crippen molar-refractivity contribution in [2.75, 3.05) is 0 Å². The molecular weight excluding hydrogens is 316 g/mol. The lowest BCUT2D eigenvalue weighted by atomic mass is 10.1. The number of hydrogen-bond donors (Lipinski definition) is 0. The first-order valence-electron chi connectivity index (χ1n) is 7.03. The van der Waals surface area contributed by atoms with E-state index in [-0.39, 0.29) is 12.3 Å². The molecule has 1 heterocycles. The summed E-state index contributed by atoms with van der Waals surface area (Å²) in [4.78, 5) is 12.1. The average molecular weight is 331 g/mol. The number of aromatic nitrogens is 4. The zero-order valence-corrected chi connectivity index (χ0v) is 13.5. The fourth-order valence-electron chi connectivity index (χ4n) is 2.25. The predicted molar refractivity (Wildman–Crippen MR) is 87.1 cm³/mol. The van der Waals surface area contributed by atoms with Crippen LogP contribution in [0.25, 0.3) is 5.69 Å². The van der Waals surface area contributed by atoms with Crippen molar-refractivity contribution >= 4 is 11.6 Å². The highest BCUT2D eigenvalue weighted by atomic mass is 35.5. The van der Waals surface area contributed by atoms with Crippen LogP contribution in [0.3, 0.4) is 0 Å². The molecule has 0 unspecified atom stereocenters. The monoisotopic (exact) mass is 330 g/mol. The minimum Gasteiger partial charge on any atom is -0.487 e. The van der Waals surface area contributed by atoms with Crippen LogP contribution in [0.4, 0.5) is 0 Å². The summed E-state index contributed by atoms with van der Waals surface area (Å²) < 4.78 is 8.25. The highest BCUT2D eigenvalue weighted by Crippen LogP contribution is 2.26. The number of para-hydroxylation sites is 1. The zero-order valence-electron chi connectivity index (χ0n) is 12.7. The Hall–Kier alpha value is -2.60. The Labute approximate surface area is 137 Å². The molecule has 0 bridgehead atoms. The van der Waals surface area contributed by atoms with Gasteiger partial charge in [0.1, 0.15) is 12.4 Å². The number of ether oxygens (including phenoxy) is 1. The second kappa shape index (κ2) is 6.26. The molecule has 0 atom stereocenters. The van der Waals surface area contributed by atoms with Crippen LogP contribution < -0.4 is 10.4 Å². The first-order chi connectivity index (χ1) is 11.1. The molecule has 6 nitrogen and oxygen atoms in total. The summed E-state index contributed by atoms with van der Waals surface area (Å²) in [6.45, 7) is 2.23. The Morgan fingerprint density at radius 3 is 2.61 bits per heavy atom. The molecule has 0 spiro atoms. The molecule has 0 aliphatic heterocycles. The largest absolute Gasteiger partial charge is 0.487 e. The fraction of sp³-hybridized carbons (Fsp3) is 0.188. The van der Waals surface area contributed by atoms with Gasteiger partial charge < -0.3 is 4.74 Å². The van der Waals surface area contributed by atoms with Gasteiger partial charge in [0.25, 0.3) is 0 Å². The highest BCUT2D eigenvalue weighted by molar-refractivity contribution is 6.32. The van der Waals surface area contributed by atoms with E-state index in [2.05, 4.69) is 10.4 Å². The molecule has 0 amide bonds. The lowest BCUT2D eigenvalue weighted by molar-refractivity contribution is 0.305. The maximum Gasteiger partial charge on any atom is 0.368 e. The maximum atomic E-state index is 12.1. The molecule has 7 heteroatoms. The van der Waals surface area contributed by atoms with Gasteiger partial charge in [0, 0.05) is 12.6 Å². The third kappa shape index (κ3) is 2.98. The SMILES string of the molecule is Cc1cccc(-n2nnn(C)c2=O)c1COc1ccccc1Cl. The van der Waals surface area contributed by atoms with Gasteiger partial charge in [0.05, 0.1) is 10.7 Å². The molecule has 0 aliphatic rings. The summed E-state index contributed by atoms with van der Waals surface area (Å²) in [5.41, 5.74) is 2.19. The second-order valence-corrected chi connectivity index (χ2v) is 5.50. The standard InChI is InChI=1S/C16H15ClN4O2/c1-11-6-5-8-14(21-16(22)20(2)18-19-21)12(11)10-23-15-9-4-3-7-13(15)17/h3-9H,10H2,1-2H3. The molecule has 118 valence electrons. The smallest absolute Gasteiger partial charge is 0.368 e. The van der Waals surface area contributed by atoms with Crippen LogP contribution in [0.5, 0.6) is 5.75 Å². The summed E-state index contributed by atoms with van der Waals surface area (Å²) in [5, 5.41) is 8.19. The van der Waals surface area contributed by atoms with Gasteiger partial charge in [-0.3, -0.25) is 0 Å². The van der Waals surface area contributed by atoms with Gasteiger partial charge in [0.2, 0.25) is 0 Å². The molecular formula is C16H15ClN4O2. The Bertz CT molecular complexity index is 901. The summed E-state index contributed by atoms with van der Waals surface area (Å²) in [5.74, 6) is 0.592. The number of hydrogen-bond acceptors (Lipinski definition) is 4. The van der Waals surface area contributed by atoms with Gasteiger partial charge in [-0.15, -0.1) is 0 Å². The van der Waals surface area contributed by atoms with E-state index in [1.54, 1.807) is 19.2 Å². The van der Waals surface area contributed by atoms with Crippen molar-refractivity contribution in [3.63, 3.8) is 0 Å². The van der Waals surface area contributed by atoms with Crippen LogP contribution in [0, 0.1) is 6.92 Å². The van der Waals surface area contributed by atoms with E-state index in [4.69, 9.17) is 16.3 Å². The summed E-state index contributed by atoms with van der Waals surface area (Å²) in [6.07, 6.45) is 0. The molecule has 23 heavy (non-hydrogen) atoms. The number of rotatable bonds is 4. The van der Waals surface area contributed by atoms with Crippen LogP contribution in [0.15, 0.2) is 47.3 Å². The van der Waals surface area contributed by atoms with Gasteiger partial charge in [-0.25, -0.2) is 4.79 Å². The van der Waals surface area contributed by atoms with Crippen LogP contribution in [0.2, 0.25) is 5.02 Å². The number of benzene rings is 2. The molecule has 3 rings (SSSR count). The number of tetrazole rings is 1. The van der Waals surface area contributed by atoms with Crippen molar-refractivity contribution in [1.29, 1.82) is 0 Å². The molecule has 0 fully saturated rings. The van der Waals surface area contributed by atoms with Crippen molar-refractivity contribution in [3.05, 3.63) is 69.1 Å². The average Bonchev–Trinajstić information content (AvgIpc) is 2.87. The molecule has 0 radical (unpaired) electrons. The number of nitrogens with zero attached hydrogens (tertiary/aromatic N) is 4.